The summed E-state index contributed by atoms with van der Waals surface area (Å²) in [5, 5.41) is 0. The number of Topliss-reactive ketones (excluding diaryl/α,β-unsaturated/α-hetero) is 1. The van der Waals surface area contributed by atoms with Crippen molar-refractivity contribution in [2.45, 2.75) is 18.9 Å². The highest BCUT2D eigenvalue weighted by Gasteiger charge is 2.56. The van der Waals surface area contributed by atoms with Gasteiger partial charge in [0, 0.05) is 12.3 Å². The lowest BCUT2D eigenvalue weighted by atomic mass is 9.91. The molecule has 0 aliphatic heterocycles. The van der Waals surface area contributed by atoms with Crippen LogP contribution in [0.3, 0.4) is 0 Å². The Hall–Kier alpha value is -0.680. The Morgan fingerprint density at radius 2 is 2.00 bits per heavy atom. The summed E-state index contributed by atoms with van der Waals surface area (Å²) in [4.78, 5) is 11.8. The van der Waals surface area contributed by atoms with Crippen LogP contribution in [-0.4, -0.2) is 26.6 Å². The minimum absolute atomic E-state index is 0.176. The third kappa shape index (κ3) is 1.45. The van der Waals surface area contributed by atoms with Gasteiger partial charge in [0.25, 0.3) is 10.1 Å². The summed E-state index contributed by atoms with van der Waals surface area (Å²) in [6.07, 6.45) is 6.10. The van der Waals surface area contributed by atoms with E-state index in [1.165, 1.54) is 0 Å². The first-order valence-electron chi connectivity index (χ1n) is 5.55. The van der Waals surface area contributed by atoms with E-state index in [1.54, 1.807) is 0 Å². The predicted octanol–water partition coefficient (Wildman–Crippen LogP) is 0.742. The van der Waals surface area contributed by atoms with Gasteiger partial charge in [0.1, 0.15) is 5.78 Å². The molecule has 0 aromatic heterocycles. The van der Waals surface area contributed by atoms with Crippen LogP contribution in [0.5, 0.6) is 0 Å². The van der Waals surface area contributed by atoms with E-state index in [2.05, 4.69) is 12.2 Å². The zero-order chi connectivity index (χ0) is 11.5. The van der Waals surface area contributed by atoms with Gasteiger partial charge < -0.3 is 0 Å². The van der Waals surface area contributed by atoms with Crippen LogP contribution >= 0.6 is 0 Å². The number of hydrogen-bond acceptors (Lipinski definition) is 4. The molecule has 0 aromatic rings. The monoisotopic (exact) mass is 242 g/mol. The fourth-order valence-corrected chi connectivity index (χ4v) is 4.26. The van der Waals surface area contributed by atoms with Crippen LogP contribution in [0.15, 0.2) is 12.2 Å². The molecule has 88 valence electrons. The molecule has 2 saturated carbocycles. The van der Waals surface area contributed by atoms with E-state index in [-0.39, 0.29) is 11.7 Å². The number of allylic oxidation sites excluding steroid dienone is 2. The van der Waals surface area contributed by atoms with Crippen molar-refractivity contribution in [1.29, 1.82) is 0 Å². The fourth-order valence-electron chi connectivity index (χ4n) is 3.61. The Bertz CT molecular complexity index is 464. The molecule has 5 atom stereocenters. The van der Waals surface area contributed by atoms with Gasteiger partial charge in [-0.05, 0) is 24.2 Å². The first kappa shape index (κ1) is 10.5. The second-order valence-corrected chi connectivity index (χ2v) is 6.66. The van der Waals surface area contributed by atoms with Crippen molar-refractivity contribution in [3.05, 3.63) is 12.2 Å². The summed E-state index contributed by atoms with van der Waals surface area (Å²) in [5.74, 6) is 0.957. The van der Waals surface area contributed by atoms with Crippen molar-refractivity contribution in [3.63, 3.8) is 0 Å². The molecule has 0 bridgehead atoms. The SMILES string of the molecule is CS(=O)(=O)O[C@@H]1C[C@@H]2C=C[C@@H]3CC(=O)[C@H]1[C@H]32. The number of carbonyl (C=O) groups excluding carboxylic acids is 1. The summed E-state index contributed by atoms with van der Waals surface area (Å²) < 4.78 is 27.3. The Morgan fingerprint density at radius 1 is 1.31 bits per heavy atom. The lowest BCUT2D eigenvalue weighted by Gasteiger charge is -2.16. The van der Waals surface area contributed by atoms with E-state index in [4.69, 9.17) is 4.18 Å². The quantitative estimate of drug-likeness (QED) is 0.529. The van der Waals surface area contributed by atoms with Gasteiger partial charge in [-0.1, -0.05) is 12.2 Å². The summed E-state index contributed by atoms with van der Waals surface area (Å²) in [6, 6.07) is 0. The van der Waals surface area contributed by atoms with E-state index >= 15 is 0 Å². The third-order valence-electron chi connectivity index (χ3n) is 4.02. The molecule has 16 heavy (non-hydrogen) atoms. The zero-order valence-electron chi connectivity index (χ0n) is 9.00. The fraction of sp³-hybridized carbons (Fsp3) is 0.727. The standard InChI is InChI=1S/C11H14O4S/c1-16(13,14)15-9-5-7-3-2-6-4-8(12)11(9)10(6)7/h2-3,6-7,9-11H,4-5H2,1H3/t6-,7+,9-,10-,11-/m1/s1. The average molecular weight is 242 g/mol. The van der Waals surface area contributed by atoms with Gasteiger partial charge >= 0.3 is 0 Å². The Labute approximate surface area is 94.8 Å². The van der Waals surface area contributed by atoms with Gasteiger partial charge in [0.15, 0.2) is 0 Å². The van der Waals surface area contributed by atoms with Crippen molar-refractivity contribution in [1.82, 2.24) is 0 Å². The molecule has 0 unspecified atom stereocenters. The van der Waals surface area contributed by atoms with Crippen molar-refractivity contribution >= 4 is 15.9 Å². The van der Waals surface area contributed by atoms with Crippen molar-refractivity contribution < 1.29 is 17.4 Å². The highest BCUT2D eigenvalue weighted by atomic mass is 32.2. The van der Waals surface area contributed by atoms with E-state index in [1.807, 2.05) is 0 Å². The topological polar surface area (TPSA) is 60.4 Å². The average Bonchev–Trinajstić information content (AvgIpc) is 2.70. The zero-order valence-corrected chi connectivity index (χ0v) is 9.81. The second-order valence-electron chi connectivity index (χ2n) is 5.06. The van der Waals surface area contributed by atoms with Gasteiger partial charge in [-0.15, -0.1) is 0 Å². The van der Waals surface area contributed by atoms with Gasteiger partial charge in [0.2, 0.25) is 0 Å². The number of hydrogen-bond donors (Lipinski definition) is 0. The smallest absolute Gasteiger partial charge is 0.264 e. The molecule has 0 radical (unpaired) electrons. The third-order valence-corrected chi connectivity index (χ3v) is 4.62. The molecular weight excluding hydrogens is 228 g/mol. The first-order chi connectivity index (χ1) is 7.46. The molecule has 3 aliphatic rings. The maximum absolute atomic E-state index is 11.8. The lowest BCUT2D eigenvalue weighted by molar-refractivity contribution is -0.122. The van der Waals surface area contributed by atoms with Crippen LogP contribution in [0.1, 0.15) is 12.8 Å². The van der Waals surface area contributed by atoms with Gasteiger partial charge in [-0.25, -0.2) is 0 Å². The van der Waals surface area contributed by atoms with Crippen molar-refractivity contribution in [2.75, 3.05) is 6.26 Å². The Kier molecular flexibility index (Phi) is 2.07. The molecule has 4 nitrogen and oxygen atoms in total. The molecule has 0 amide bonds. The predicted molar refractivity (Wildman–Crippen MR) is 57.1 cm³/mol. The van der Waals surface area contributed by atoms with E-state index in [0.29, 0.717) is 30.6 Å². The first-order valence-corrected chi connectivity index (χ1v) is 7.36. The van der Waals surface area contributed by atoms with Gasteiger partial charge in [-0.2, -0.15) is 8.42 Å². The largest absolute Gasteiger partial charge is 0.299 e. The second kappa shape index (κ2) is 3.17. The van der Waals surface area contributed by atoms with Crippen LogP contribution in [0.25, 0.3) is 0 Å². The normalized spacial score (nSPS) is 45.3. The number of carbonyl (C=O) groups is 1. The minimum Gasteiger partial charge on any atom is -0.299 e. The molecular formula is C11H14O4S. The molecule has 0 N–H and O–H groups in total. The van der Waals surface area contributed by atoms with E-state index < -0.39 is 16.2 Å². The maximum atomic E-state index is 11.8. The van der Waals surface area contributed by atoms with Crippen molar-refractivity contribution in [2.24, 2.45) is 23.7 Å². The highest BCUT2D eigenvalue weighted by Crippen LogP contribution is 2.54. The summed E-state index contributed by atoms with van der Waals surface area (Å²) in [7, 11) is -3.46. The molecule has 0 saturated heterocycles. The summed E-state index contributed by atoms with van der Waals surface area (Å²) in [6.45, 7) is 0. The molecule has 0 spiro atoms. The molecule has 0 aromatic carbocycles. The Morgan fingerprint density at radius 3 is 2.69 bits per heavy atom. The molecule has 0 heterocycles. The van der Waals surface area contributed by atoms with Crippen LogP contribution in [0.2, 0.25) is 0 Å². The van der Waals surface area contributed by atoms with E-state index in [9.17, 15) is 13.2 Å². The molecule has 3 rings (SSSR count). The molecule has 2 fully saturated rings. The lowest BCUT2D eigenvalue weighted by Crippen LogP contribution is -2.27. The summed E-state index contributed by atoms with van der Waals surface area (Å²) in [5.41, 5.74) is 0. The highest BCUT2D eigenvalue weighted by molar-refractivity contribution is 7.86. The summed E-state index contributed by atoms with van der Waals surface area (Å²) >= 11 is 0. The van der Waals surface area contributed by atoms with Crippen molar-refractivity contribution in [3.8, 4) is 0 Å². The maximum Gasteiger partial charge on any atom is 0.264 e. The Balaban J connectivity index is 1.89. The van der Waals surface area contributed by atoms with Crippen LogP contribution < -0.4 is 0 Å². The van der Waals surface area contributed by atoms with Gasteiger partial charge in [-0.3, -0.25) is 8.98 Å². The van der Waals surface area contributed by atoms with Crippen LogP contribution in [0, 0.1) is 23.7 Å². The van der Waals surface area contributed by atoms with Crippen LogP contribution in [0.4, 0.5) is 0 Å². The molecule has 3 aliphatic carbocycles. The van der Waals surface area contributed by atoms with Gasteiger partial charge in [0.05, 0.1) is 12.4 Å². The number of rotatable bonds is 2. The minimum atomic E-state index is -3.46. The molecule has 5 heteroatoms. The van der Waals surface area contributed by atoms with E-state index in [0.717, 1.165) is 6.26 Å². The van der Waals surface area contributed by atoms with Crippen LogP contribution in [-0.2, 0) is 19.1 Å². The number of ketones is 1.